The average Bonchev–Trinajstić information content (AvgIpc) is 3.19. The second kappa shape index (κ2) is 13.8. The molecule has 0 aliphatic heterocycles. The molecule has 0 saturated carbocycles. The van der Waals surface area contributed by atoms with Crippen molar-refractivity contribution in [3.8, 4) is 0 Å². The van der Waals surface area contributed by atoms with Gasteiger partial charge in [-0.25, -0.2) is 0 Å². The van der Waals surface area contributed by atoms with E-state index in [9.17, 15) is 0 Å². The van der Waals surface area contributed by atoms with Crippen molar-refractivity contribution < 1.29 is 0 Å². The van der Waals surface area contributed by atoms with Gasteiger partial charge in [-0.3, -0.25) is 4.99 Å². The van der Waals surface area contributed by atoms with Crippen LogP contribution in [0.15, 0.2) is 65.3 Å². The van der Waals surface area contributed by atoms with Crippen LogP contribution >= 0.6 is 0 Å². The van der Waals surface area contributed by atoms with Crippen LogP contribution in [0.4, 0.5) is 0 Å². The molecule has 0 aromatic heterocycles. The summed E-state index contributed by atoms with van der Waals surface area (Å²) in [5, 5.41) is 0. The van der Waals surface area contributed by atoms with Gasteiger partial charge in [-0.2, -0.15) is 0 Å². The third-order valence-corrected chi connectivity index (χ3v) is 4.58. The van der Waals surface area contributed by atoms with E-state index < -0.39 is 0 Å². The summed E-state index contributed by atoms with van der Waals surface area (Å²) in [7, 11) is 1.87. The van der Waals surface area contributed by atoms with Crippen molar-refractivity contribution in [3.63, 3.8) is 0 Å². The minimum absolute atomic E-state index is 0.718. The largest absolute Gasteiger partial charge is 0.402 e. The topological polar surface area (TPSA) is 38.4 Å². The normalized spacial score (nSPS) is 14.8. The molecule has 1 aromatic rings. The number of nitrogens with zero attached hydrogens (tertiary/aromatic N) is 1. The van der Waals surface area contributed by atoms with Crippen molar-refractivity contribution >= 4 is 11.3 Å². The Morgan fingerprint density at radius 3 is 2.04 bits per heavy atom. The molecule has 0 radical (unpaired) electrons. The molecule has 1 aliphatic rings. The Labute approximate surface area is 173 Å². The Bertz CT molecular complexity index is 734. The van der Waals surface area contributed by atoms with Crippen LogP contribution in [0.1, 0.15) is 64.2 Å². The van der Waals surface area contributed by atoms with Crippen LogP contribution in [0.5, 0.6) is 0 Å². The summed E-state index contributed by atoms with van der Waals surface area (Å²) in [6.07, 6.45) is 10.9. The van der Waals surface area contributed by atoms with Gasteiger partial charge in [-0.1, -0.05) is 62.4 Å². The Hall–Kier alpha value is -2.35. The molecule has 2 rings (SSSR count). The molecule has 154 valence electrons. The molecule has 0 unspecified atom stereocenters. The van der Waals surface area contributed by atoms with Crippen LogP contribution in [-0.4, -0.2) is 12.8 Å². The Morgan fingerprint density at radius 2 is 1.61 bits per heavy atom. The minimum Gasteiger partial charge on any atom is -0.402 e. The van der Waals surface area contributed by atoms with E-state index in [-0.39, 0.29) is 0 Å². The van der Waals surface area contributed by atoms with Crippen LogP contribution in [0, 0.1) is 19.8 Å². The van der Waals surface area contributed by atoms with Crippen LogP contribution in [0.3, 0.4) is 0 Å². The lowest BCUT2D eigenvalue weighted by Crippen LogP contribution is -2.05. The zero-order valence-corrected chi connectivity index (χ0v) is 19.3. The Balaban J connectivity index is 0.000000556. The highest BCUT2D eigenvalue weighted by Crippen LogP contribution is 2.21. The maximum absolute atomic E-state index is 5.76. The minimum atomic E-state index is 0.718. The van der Waals surface area contributed by atoms with E-state index in [2.05, 4.69) is 68.8 Å². The molecule has 0 fully saturated rings. The Kier molecular flexibility index (Phi) is 12.6. The first-order chi connectivity index (χ1) is 13.2. The first-order valence-electron chi connectivity index (χ1n) is 10.2. The highest BCUT2D eigenvalue weighted by atomic mass is 14.7. The molecule has 0 bridgehead atoms. The quantitative estimate of drug-likeness (QED) is 0.335. The van der Waals surface area contributed by atoms with Gasteiger partial charge in [-0.05, 0) is 75.8 Å². The van der Waals surface area contributed by atoms with Gasteiger partial charge in [-0.15, -0.1) is 0 Å². The second-order valence-electron chi connectivity index (χ2n) is 7.14. The standard InChI is InChI=1S/C16H21N.C8H13N.C2H6/c1-11(2)8-16(10-14(5)17)15-7-6-12(3)13(4)9-15;1-7(9-2)8-5-3-4-6-8;1-2/h6-10H,1,17H2,2-5H3;3-4,8H,5-6H2,1-2H3;1-2H3/b14-10+,16-8+;;. The summed E-state index contributed by atoms with van der Waals surface area (Å²) < 4.78 is 0. The lowest BCUT2D eigenvalue weighted by Gasteiger charge is -2.07. The van der Waals surface area contributed by atoms with Crippen molar-refractivity contribution in [3.05, 3.63) is 77.0 Å². The monoisotopic (exact) mass is 380 g/mol. The second-order valence-corrected chi connectivity index (χ2v) is 7.14. The number of nitrogens with two attached hydrogens (primary N) is 1. The fourth-order valence-electron chi connectivity index (χ4n) is 2.78. The summed E-state index contributed by atoms with van der Waals surface area (Å²) in [5.41, 5.74) is 13.8. The molecular formula is C26H40N2. The van der Waals surface area contributed by atoms with E-state index >= 15 is 0 Å². The number of hydrogen-bond acceptors (Lipinski definition) is 2. The highest BCUT2D eigenvalue weighted by molar-refractivity contribution is 5.84. The predicted molar refractivity (Wildman–Crippen MR) is 129 cm³/mol. The van der Waals surface area contributed by atoms with Gasteiger partial charge in [0.25, 0.3) is 0 Å². The smallest absolute Gasteiger partial charge is 0.0276 e. The van der Waals surface area contributed by atoms with Crippen molar-refractivity contribution in [1.82, 2.24) is 0 Å². The maximum Gasteiger partial charge on any atom is 0.0276 e. The van der Waals surface area contributed by atoms with Gasteiger partial charge in [0.2, 0.25) is 0 Å². The Morgan fingerprint density at radius 1 is 1.04 bits per heavy atom. The van der Waals surface area contributed by atoms with E-state index in [1.165, 1.54) is 35.2 Å². The number of aryl methyl sites for hydroxylation is 2. The molecule has 0 spiro atoms. The van der Waals surface area contributed by atoms with Crippen LogP contribution < -0.4 is 5.73 Å². The van der Waals surface area contributed by atoms with Crippen molar-refractivity contribution in [2.24, 2.45) is 16.6 Å². The summed E-state index contributed by atoms with van der Waals surface area (Å²) >= 11 is 0. The van der Waals surface area contributed by atoms with Gasteiger partial charge in [0.1, 0.15) is 0 Å². The molecule has 28 heavy (non-hydrogen) atoms. The molecule has 0 amide bonds. The predicted octanol–water partition coefficient (Wildman–Crippen LogP) is 7.19. The van der Waals surface area contributed by atoms with Crippen molar-refractivity contribution in [2.45, 2.75) is 61.3 Å². The van der Waals surface area contributed by atoms with Gasteiger partial charge in [0.15, 0.2) is 0 Å². The third-order valence-electron chi connectivity index (χ3n) is 4.58. The summed E-state index contributed by atoms with van der Waals surface area (Å²) in [6, 6.07) is 6.44. The number of benzene rings is 1. The number of aliphatic imine (C=N–C) groups is 1. The summed E-state index contributed by atoms with van der Waals surface area (Å²) in [4.78, 5) is 4.15. The molecular weight excluding hydrogens is 340 g/mol. The molecule has 1 aliphatic carbocycles. The van der Waals surface area contributed by atoms with Crippen molar-refractivity contribution in [2.75, 3.05) is 7.05 Å². The van der Waals surface area contributed by atoms with Gasteiger partial charge >= 0.3 is 0 Å². The molecule has 0 saturated heterocycles. The van der Waals surface area contributed by atoms with Gasteiger partial charge < -0.3 is 5.73 Å². The van der Waals surface area contributed by atoms with Crippen LogP contribution in [0.25, 0.3) is 5.57 Å². The molecule has 0 atom stereocenters. The number of allylic oxidation sites excluding steroid dienone is 7. The molecule has 1 aromatic carbocycles. The average molecular weight is 381 g/mol. The number of hydrogen-bond donors (Lipinski definition) is 1. The number of rotatable bonds is 4. The lowest BCUT2D eigenvalue weighted by atomic mass is 9.98. The molecule has 2 heteroatoms. The van der Waals surface area contributed by atoms with E-state index in [0.29, 0.717) is 0 Å². The maximum atomic E-state index is 5.76. The molecule has 2 nitrogen and oxygen atoms in total. The zero-order chi connectivity index (χ0) is 21.7. The summed E-state index contributed by atoms with van der Waals surface area (Å²) in [5.74, 6) is 0.718. The van der Waals surface area contributed by atoms with Crippen LogP contribution in [-0.2, 0) is 0 Å². The van der Waals surface area contributed by atoms with Crippen molar-refractivity contribution in [1.29, 1.82) is 0 Å². The fourth-order valence-corrected chi connectivity index (χ4v) is 2.78. The van der Waals surface area contributed by atoms with Gasteiger partial charge in [0, 0.05) is 24.4 Å². The van der Waals surface area contributed by atoms with E-state index in [1.807, 2.05) is 40.8 Å². The first-order valence-corrected chi connectivity index (χ1v) is 10.2. The third kappa shape index (κ3) is 9.55. The zero-order valence-electron chi connectivity index (χ0n) is 19.3. The van der Waals surface area contributed by atoms with Crippen LogP contribution in [0.2, 0.25) is 0 Å². The van der Waals surface area contributed by atoms with E-state index in [4.69, 9.17) is 5.73 Å². The van der Waals surface area contributed by atoms with E-state index in [0.717, 1.165) is 22.8 Å². The SMILES string of the molecule is C=C(C)/C=C(\C=C(/C)N)c1ccc(C)c(C)c1.CC.CN=C(C)C1CC=CC1. The first kappa shape index (κ1) is 25.7. The molecule has 2 N–H and O–H groups in total. The lowest BCUT2D eigenvalue weighted by molar-refractivity contribution is 0.756. The highest BCUT2D eigenvalue weighted by Gasteiger charge is 2.11. The van der Waals surface area contributed by atoms with E-state index in [1.54, 1.807) is 0 Å². The van der Waals surface area contributed by atoms with Gasteiger partial charge in [0.05, 0.1) is 0 Å². The fraction of sp³-hybridized carbons (Fsp3) is 0.423. The molecule has 0 heterocycles. The summed E-state index contributed by atoms with van der Waals surface area (Å²) in [6.45, 7) is 18.2.